The van der Waals surface area contributed by atoms with Gasteiger partial charge in [-0.15, -0.1) is 0 Å². The summed E-state index contributed by atoms with van der Waals surface area (Å²) in [6.45, 7) is 6.07. The fraction of sp³-hybridized carbons (Fsp3) is 0.571. The molecule has 1 aliphatic carbocycles. The highest BCUT2D eigenvalue weighted by Crippen LogP contribution is 2.62. The first-order chi connectivity index (χ1) is 7.74. The molecule has 0 aromatic heterocycles. The summed E-state index contributed by atoms with van der Waals surface area (Å²) in [5.74, 6) is 1.31. The van der Waals surface area contributed by atoms with Gasteiger partial charge in [0.25, 0.3) is 0 Å². The molecule has 1 heterocycles. The van der Waals surface area contributed by atoms with Crippen LogP contribution in [0.5, 0.6) is 0 Å². The Kier molecular flexibility index (Phi) is 2.30. The second-order valence-corrected chi connectivity index (χ2v) is 5.56. The van der Waals surface area contributed by atoms with Crippen LogP contribution in [0.1, 0.15) is 12.5 Å². The molecule has 1 aliphatic heterocycles. The molecule has 1 saturated heterocycles. The molecule has 2 nitrogen and oxygen atoms in total. The van der Waals surface area contributed by atoms with E-state index in [4.69, 9.17) is 0 Å². The van der Waals surface area contributed by atoms with Gasteiger partial charge in [0.1, 0.15) is 0 Å². The van der Waals surface area contributed by atoms with Gasteiger partial charge in [-0.1, -0.05) is 37.3 Å². The van der Waals surface area contributed by atoms with Crippen LogP contribution in [-0.2, 0) is 6.54 Å². The minimum atomic E-state index is 0.375. The van der Waals surface area contributed by atoms with E-state index in [0.717, 1.165) is 25.6 Å². The van der Waals surface area contributed by atoms with Crippen molar-refractivity contribution in [3.8, 4) is 0 Å². The van der Waals surface area contributed by atoms with Crippen molar-refractivity contribution in [1.82, 2.24) is 4.90 Å². The summed E-state index contributed by atoms with van der Waals surface area (Å²) in [7, 11) is 0. The van der Waals surface area contributed by atoms with Gasteiger partial charge in [-0.25, -0.2) is 0 Å². The second-order valence-electron chi connectivity index (χ2n) is 5.56. The predicted octanol–water partition coefficient (Wildman–Crippen LogP) is 1.75. The summed E-state index contributed by atoms with van der Waals surface area (Å²) < 4.78 is 0. The normalized spacial score (nSPS) is 37.4. The van der Waals surface area contributed by atoms with Crippen molar-refractivity contribution in [1.29, 1.82) is 0 Å². The fourth-order valence-electron chi connectivity index (χ4n) is 3.46. The lowest BCUT2D eigenvalue weighted by molar-refractivity contribution is 0.197. The summed E-state index contributed by atoms with van der Waals surface area (Å²) in [5, 5.41) is 9.23. The molecule has 3 rings (SSSR count). The summed E-state index contributed by atoms with van der Waals surface area (Å²) in [5.41, 5.74) is 1.80. The lowest BCUT2D eigenvalue weighted by Crippen LogP contribution is -2.27. The molecule has 1 N–H and O–H groups in total. The maximum absolute atomic E-state index is 9.23. The minimum absolute atomic E-state index is 0.375. The molecule has 2 aliphatic rings. The van der Waals surface area contributed by atoms with Crippen LogP contribution in [0.4, 0.5) is 0 Å². The van der Waals surface area contributed by atoms with Crippen molar-refractivity contribution in [2.45, 2.75) is 13.5 Å². The third-order valence-corrected chi connectivity index (χ3v) is 4.54. The SMILES string of the molecule is C[C@]12CN(Cc3ccccc3)CC1C2CO. The Morgan fingerprint density at radius 1 is 1.38 bits per heavy atom. The second kappa shape index (κ2) is 3.57. The molecule has 0 bridgehead atoms. The summed E-state index contributed by atoms with van der Waals surface area (Å²) >= 11 is 0. The van der Waals surface area contributed by atoms with Crippen LogP contribution in [0, 0.1) is 17.3 Å². The fourth-order valence-corrected chi connectivity index (χ4v) is 3.46. The van der Waals surface area contributed by atoms with Gasteiger partial charge in [-0.3, -0.25) is 4.90 Å². The summed E-state index contributed by atoms with van der Waals surface area (Å²) in [4.78, 5) is 2.52. The zero-order valence-electron chi connectivity index (χ0n) is 9.76. The third-order valence-electron chi connectivity index (χ3n) is 4.54. The smallest absolute Gasteiger partial charge is 0.0468 e. The molecule has 2 unspecified atom stereocenters. The molecule has 3 atom stereocenters. The van der Waals surface area contributed by atoms with Crippen molar-refractivity contribution in [3.63, 3.8) is 0 Å². The van der Waals surface area contributed by atoms with Crippen LogP contribution in [0.3, 0.4) is 0 Å². The zero-order chi connectivity index (χ0) is 11.2. The molecule has 1 saturated carbocycles. The number of nitrogens with zero attached hydrogens (tertiary/aromatic N) is 1. The van der Waals surface area contributed by atoms with Crippen LogP contribution in [-0.4, -0.2) is 29.7 Å². The van der Waals surface area contributed by atoms with Gasteiger partial charge in [0.15, 0.2) is 0 Å². The number of hydrogen-bond donors (Lipinski definition) is 1. The average molecular weight is 217 g/mol. The molecule has 2 heteroatoms. The van der Waals surface area contributed by atoms with E-state index in [-0.39, 0.29) is 0 Å². The van der Waals surface area contributed by atoms with Gasteiger partial charge >= 0.3 is 0 Å². The first kappa shape index (κ1) is 10.3. The third kappa shape index (κ3) is 1.48. The Morgan fingerprint density at radius 3 is 2.69 bits per heavy atom. The lowest BCUT2D eigenvalue weighted by Gasteiger charge is -2.21. The van der Waals surface area contributed by atoms with Crippen LogP contribution in [0.25, 0.3) is 0 Å². The number of hydrogen-bond acceptors (Lipinski definition) is 2. The van der Waals surface area contributed by atoms with Crippen LogP contribution in [0.2, 0.25) is 0 Å². The maximum Gasteiger partial charge on any atom is 0.0468 e. The standard InChI is InChI=1S/C14H19NO/c1-14-10-15(8-12(14)13(14)9-16)7-11-5-3-2-4-6-11/h2-6,12-13,16H,7-10H2,1H3/t12?,13?,14-/m0/s1. The van der Waals surface area contributed by atoms with E-state index in [1.54, 1.807) is 0 Å². The first-order valence-corrected chi connectivity index (χ1v) is 6.11. The van der Waals surface area contributed by atoms with Crippen LogP contribution < -0.4 is 0 Å². The van der Waals surface area contributed by atoms with Gasteiger partial charge < -0.3 is 5.11 Å². The molecule has 1 aromatic carbocycles. The van der Waals surface area contributed by atoms with Gasteiger partial charge in [-0.2, -0.15) is 0 Å². The van der Waals surface area contributed by atoms with Gasteiger partial charge in [0.2, 0.25) is 0 Å². The lowest BCUT2D eigenvalue weighted by atomic mass is 10.1. The molecule has 16 heavy (non-hydrogen) atoms. The Balaban J connectivity index is 1.62. The maximum atomic E-state index is 9.23. The molecular weight excluding hydrogens is 198 g/mol. The molecular formula is C14H19NO. The van der Waals surface area contributed by atoms with E-state index < -0.39 is 0 Å². The van der Waals surface area contributed by atoms with Crippen molar-refractivity contribution in [2.75, 3.05) is 19.7 Å². The Hall–Kier alpha value is -0.860. The molecule has 0 radical (unpaired) electrons. The highest BCUT2D eigenvalue weighted by atomic mass is 16.3. The Bertz CT molecular complexity index is 378. The molecule has 0 amide bonds. The monoisotopic (exact) mass is 217 g/mol. The topological polar surface area (TPSA) is 23.5 Å². The summed E-state index contributed by atoms with van der Waals surface area (Å²) in [6, 6.07) is 10.6. The van der Waals surface area contributed by atoms with Gasteiger partial charge in [-0.05, 0) is 22.8 Å². The number of benzene rings is 1. The number of fused-ring (bicyclic) bond motifs is 1. The van der Waals surface area contributed by atoms with E-state index >= 15 is 0 Å². The number of rotatable bonds is 3. The van der Waals surface area contributed by atoms with E-state index in [1.807, 2.05) is 0 Å². The molecule has 0 spiro atoms. The first-order valence-electron chi connectivity index (χ1n) is 6.11. The van der Waals surface area contributed by atoms with Crippen LogP contribution >= 0.6 is 0 Å². The quantitative estimate of drug-likeness (QED) is 0.833. The number of piperidine rings is 1. The van der Waals surface area contributed by atoms with Gasteiger partial charge in [0.05, 0.1) is 0 Å². The van der Waals surface area contributed by atoms with Crippen molar-refractivity contribution < 1.29 is 5.11 Å². The average Bonchev–Trinajstić information content (AvgIpc) is 2.67. The Morgan fingerprint density at radius 2 is 2.12 bits per heavy atom. The highest BCUT2D eigenvalue weighted by Gasteiger charge is 2.64. The summed E-state index contributed by atoms with van der Waals surface area (Å²) in [6.07, 6.45) is 0. The van der Waals surface area contributed by atoms with E-state index in [2.05, 4.69) is 42.2 Å². The molecule has 1 aromatic rings. The zero-order valence-corrected chi connectivity index (χ0v) is 9.76. The van der Waals surface area contributed by atoms with Crippen LogP contribution in [0.15, 0.2) is 30.3 Å². The van der Waals surface area contributed by atoms with Crippen molar-refractivity contribution >= 4 is 0 Å². The number of aliphatic hydroxyl groups excluding tert-OH is 1. The highest BCUT2D eigenvalue weighted by molar-refractivity contribution is 5.18. The number of likely N-dealkylation sites (tertiary alicyclic amines) is 1. The predicted molar refractivity (Wildman–Crippen MR) is 63.9 cm³/mol. The van der Waals surface area contributed by atoms with E-state index in [1.165, 1.54) is 5.56 Å². The van der Waals surface area contributed by atoms with Crippen molar-refractivity contribution in [3.05, 3.63) is 35.9 Å². The minimum Gasteiger partial charge on any atom is -0.396 e. The Labute approximate surface area is 96.9 Å². The van der Waals surface area contributed by atoms with E-state index in [9.17, 15) is 5.11 Å². The van der Waals surface area contributed by atoms with Gasteiger partial charge in [0, 0.05) is 26.2 Å². The number of aliphatic hydroxyl groups is 1. The van der Waals surface area contributed by atoms with E-state index in [0.29, 0.717) is 17.9 Å². The van der Waals surface area contributed by atoms with Crippen molar-refractivity contribution in [2.24, 2.45) is 17.3 Å². The molecule has 2 fully saturated rings. The largest absolute Gasteiger partial charge is 0.396 e. The molecule has 86 valence electrons.